The van der Waals surface area contributed by atoms with Crippen molar-refractivity contribution in [1.29, 1.82) is 0 Å². The molecule has 4 rings (SSSR count). The lowest BCUT2D eigenvalue weighted by molar-refractivity contribution is -0.113. The SMILES string of the molecule is O=C(CSc1nc(=O)n(Cc2ccco2)c2c1CCCC2)Nc1ccc(F)cc1. The number of thioether (sulfide) groups is 1. The lowest BCUT2D eigenvalue weighted by Crippen LogP contribution is -2.30. The van der Waals surface area contributed by atoms with E-state index in [9.17, 15) is 14.0 Å². The molecule has 150 valence electrons. The Morgan fingerprint density at radius 1 is 1.21 bits per heavy atom. The molecular weight excluding hydrogens is 393 g/mol. The maximum atomic E-state index is 13.0. The van der Waals surface area contributed by atoms with Crippen LogP contribution in [0.1, 0.15) is 29.9 Å². The second-order valence-electron chi connectivity index (χ2n) is 6.84. The smallest absolute Gasteiger partial charge is 0.349 e. The number of nitrogens with zero attached hydrogens (tertiary/aromatic N) is 2. The van der Waals surface area contributed by atoms with Crippen LogP contribution in [0.3, 0.4) is 0 Å². The molecule has 0 saturated carbocycles. The van der Waals surface area contributed by atoms with E-state index in [4.69, 9.17) is 4.42 Å². The molecule has 8 heteroatoms. The van der Waals surface area contributed by atoms with Gasteiger partial charge in [-0.05, 0) is 62.1 Å². The Labute approximate surface area is 171 Å². The number of fused-ring (bicyclic) bond motifs is 1. The van der Waals surface area contributed by atoms with Gasteiger partial charge in [-0.25, -0.2) is 9.18 Å². The van der Waals surface area contributed by atoms with Gasteiger partial charge in [-0.1, -0.05) is 11.8 Å². The lowest BCUT2D eigenvalue weighted by atomic mass is 9.97. The molecule has 0 aliphatic heterocycles. The van der Waals surface area contributed by atoms with Crippen LogP contribution in [0, 0.1) is 5.82 Å². The van der Waals surface area contributed by atoms with Gasteiger partial charge in [-0.3, -0.25) is 9.36 Å². The summed E-state index contributed by atoms with van der Waals surface area (Å²) < 4.78 is 20.0. The van der Waals surface area contributed by atoms with Crippen molar-refractivity contribution in [1.82, 2.24) is 9.55 Å². The van der Waals surface area contributed by atoms with Crippen LogP contribution in [-0.2, 0) is 24.2 Å². The summed E-state index contributed by atoms with van der Waals surface area (Å²) >= 11 is 1.26. The first-order valence-corrected chi connectivity index (χ1v) is 10.4. The molecule has 6 nitrogen and oxygen atoms in total. The van der Waals surface area contributed by atoms with Crippen LogP contribution in [0.5, 0.6) is 0 Å². The number of nitrogens with one attached hydrogen (secondary N) is 1. The van der Waals surface area contributed by atoms with Crippen LogP contribution in [-0.4, -0.2) is 21.2 Å². The molecule has 0 unspecified atom stereocenters. The zero-order valence-corrected chi connectivity index (χ0v) is 16.5. The van der Waals surface area contributed by atoms with Crippen molar-refractivity contribution in [2.75, 3.05) is 11.1 Å². The summed E-state index contributed by atoms with van der Waals surface area (Å²) in [6, 6.07) is 9.23. The highest BCUT2D eigenvalue weighted by molar-refractivity contribution is 8.00. The van der Waals surface area contributed by atoms with E-state index in [0.717, 1.165) is 36.9 Å². The highest BCUT2D eigenvalue weighted by Gasteiger charge is 2.21. The molecule has 29 heavy (non-hydrogen) atoms. The summed E-state index contributed by atoms with van der Waals surface area (Å²) in [5.74, 6) is 0.246. The number of carbonyl (C=O) groups is 1. The standard InChI is InChI=1S/C21H20FN3O3S/c22-14-7-9-15(10-8-14)23-19(26)13-29-20-17-5-1-2-6-18(17)25(21(27)24-20)12-16-4-3-11-28-16/h3-4,7-11H,1-2,5-6,12-13H2,(H,23,26). The number of rotatable bonds is 6. The zero-order valence-electron chi connectivity index (χ0n) is 15.7. The summed E-state index contributed by atoms with van der Waals surface area (Å²) in [4.78, 5) is 29.2. The van der Waals surface area contributed by atoms with E-state index < -0.39 is 0 Å². The average Bonchev–Trinajstić information content (AvgIpc) is 3.24. The maximum absolute atomic E-state index is 13.0. The average molecular weight is 413 g/mol. The van der Waals surface area contributed by atoms with Gasteiger partial charge in [0.25, 0.3) is 0 Å². The van der Waals surface area contributed by atoms with Crippen LogP contribution in [0.4, 0.5) is 10.1 Å². The summed E-state index contributed by atoms with van der Waals surface area (Å²) in [5.41, 5.74) is 2.22. The van der Waals surface area contributed by atoms with E-state index >= 15 is 0 Å². The summed E-state index contributed by atoms with van der Waals surface area (Å²) in [5, 5.41) is 3.35. The normalized spacial score (nSPS) is 13.1. The fourth-order valence-electron chi connectivity index (χ4n) is 3.45. The van der Waals surface area contributed by atoms with Gasteiger partial charge in [0.15, 0.2) is 0 Å². The summed E-state index contributed by atoms with van der Waals surface area (Å²) in [6.45, 7) is 0.358. The van der Waals surface area contributed by atoms with Crippen molar-refractivity contribution in [3.8, 4) is 0 Å². The molecule has 0 spiro atoms. The number of amides is 1. The Morgan fingerprint density at radius 2 is 2.00 bits per heavy atom. The van der Waals surface area contributed by atoms with Gasteiger partial charge in [0.2, 0.25) is 5.91 Å². The van der Waals surface area contributed by atoms with Crippen LogP contribution in [0.15, 0.2) is 56.9 Å². The Bertz CT molecular complexity index is 1060. The third kappa shape index (κ3) is 4.59. The minimum atomic E-state index is -0.358. The Kier molecular flexibility index (Phi) is 5.80. The number of benzene rings is 1. The molecule has 1 aliphatic rings. The molecule has 3 aromatic rings. The Balaban J connectivity index is 1.51. The van der Waals surface area contributed by atoms with E-state index in [1.165, 1.54) is 36.0 Å². The predicted molar refractivity (Wildman–Crippen MR) is 109 cm³/mol. The fourth-order valence-corrected chi connectivity index (χ4v) is 4.33. The van der Waals surface area contributed by atoms with Gasteiger partial charge in [-0.15, -0.1) is 0 Å². The number of hydrogen-bond donors (Lipinski definition) is 1. The van der Waals surface area contributed by atoms with Crippen LogP contribution in [0.2, 0.25) is 0 Å². The molecule has 0 saturated heterocycles. The van der Waals surface area contributed by atoms with Crippen molar-refractivity contribution in [2.45, 2.75) is 37.3 Å². The molecule has 0 fully saturated rings. The second-order valence-corrected chi connectivity index (χ2v) is 7.81. The fraction of sp³-hybridized carbons (Fsp3) is 0.286. The molecular formula is C21H20FN3O3S. The second kappa shape index (κ2) is 8.65. The molecule has 0 bridgehead atoms. The third-order valence-corrected chi connectivity index (χ3v) is 5.83. The Morgan fingerprint density at radius 3 is 2.76 bits per heavy atom. The summed E-state index contributed by atoms with van der Waals surface area (Å²) in [6.07, 6.45) is 5.28. The van der Waals surface area contributed by atoms with Gasteiger partial charge >= 0.3 is 5.69 Å². The van der Waals surface area contributed by atoms with Crippen molar-refractivity contribution < 1.29 is 13.6 Å². The minimum Gasteiger partial charge on any atom is -0.467 e. The van der Waals surface area contributed by atoms with Crippen molar-refractivity contribution in [3.05, 3.63) is 76.0 Å². The molecule has 1 N–H and O–H groups in total. The lowest BCUT2D eigenvalue weighted by Gasteiger charge is -2.22. The molecule has 2 aromatic heterocycles. The van der Waals surface area contributed by atoms with Gasteiger partial charge in [0.1, 0.15) is 16.6 Å². The summed E-state index contributed by atoms with van der Waals surface area (Å²) in [7, 11) is 0. The van der Waals surface area contributed by atoms with Gasteiger partial charge in [0, 0.05) is 16.9 Å². The first-order chi connectivity index (χ1) is 14.1. The molecule has 0 atom stereocenters. The largest absolute Gasteiger partial charge is 0.467 e. The number of halogens is 1. The molecule has 1 amide bonds. The van der Waals surface area contributed by atoms with E-state index in [0.29, 0.717) is 23.0 Å². The van der Waals surface area contributed by atoms with Crippen LogP contribution < -0.4 is 11.0 Å². The Hall–Kier alpha value is -2.87. The van der Waals surface area contributed by atoms with Crippen LogP contribution in [0.25, 0.3) is 0 Å². The first-order valence-electron chi connectivity index (χ1n) is 9.43. The monoisotopic (exact) mass is 413 g/mol. The van der Waals surface area contributed by atoms with E-state index in [-0.39, 0.29) is 23.2 Å². The highest BCUT2D eigenvalue weighted by atomic mass is 32.2. The van der Waals surface area contributed by atoms with Gasteiger partial charge < -0.3 is 9.73 Å². The predicted octanol–water partition coefficient (Wildman–Crippen LogP) is 3.63. The van der Waals surface area contributed by atoms with E-state index in [2.05, 4.69) is 10.3 Å². The van der Waals surface area contributed by atoms with Gasteiger partial charge in [0.05, 0.1) is 18.6 Å². The minimum absolute atomic E-state index is 0.123. The van der Waals surface area contributed by atoms with Crippen LogP contribution >= 0.6 is 11.8 Å². The highest BCUT2D eigenvalue weighted by Crippen LogP contribution is 2.29. The number of anilines is 1. The van der Waals surface area contributed by atoms with Crippen molar-refractivity contribution >= 4 is 23.4 Å². The molecule has 1 aromatic carbocycles. The molecule has 2 heterocycles. The number of aromatic nitrogens is 2. The molecule has 0 radical (unpaired) electrons. The maximum Gasteiger partial charge on any atom is 0.349 e. The topological polar surface area (TPSA) is 77.1 Å². The van der Waals surface area contributed by atoms with Crippen molar-refractivity contribution in [3.63, 3.8) is 0 Å². The van der Waals surface area contributed by atoms with Crippen molar-refractivity contribution in [2.24, 2.45) is 0 Å². The number of hydrogen-bond acceptors (Lipinski definition) is 5. The third-order valence-electron chi connectivity index (χ3n) is 4.81. The zero-order chi connectivity index (χ0) is 20.2. The first kappa shape index (κ1) is 19.4. The number of furan rings is 1. The molecule has 1 aliphatic carbocycles. The quantitative estimate of drug-likeness (QED) is 0.493. The van der Waals surface area contributed by atoms with Gasteiger partial charge in [-0.2, -0.15) is 4.98 Å². The van der Waals surface area contributed by atoms with E-state index in [1.54, 1.807) is 16.9 Å². The number of carbonyl (C=O) groups excluding carboxylic acids is 1. The van der Waals surface area contributed by atoms with E-state index in [1.807, 2.05) is 6.07 Å².